The predicted molar refractivity (Wildman–Crippen MR) is 98.0 cm³/mol. The lowest BCUT2D eigenvalue weighted by Gasteiger charge is -2.13. The van der Waals surface area contributed by atoms with E-state index in [0.29, 0.717) is 12.1 Å². The molecule has 2 aromatic carbocycles. The van der Waals surface area contributed by atoms with Crippen molar-refractivity contribution in [2.45, 2.75) is 13.1 Å². The van der Waals surface area contributed by atoms with Crippen LogP contribution in [0.5, 0.6) is 6.01 Å². The molecule has 0 bridgehead atoms. The van der Waals surface area contributed by atoms with Crippen molar-refractivity contribution in [1.82, 2.24) is 9.97 Å². The van der Waals surface area contributed by atoms with Crippen molar-refractivity contribution < 1.29 is 32.2 Å². The Labute approximate surface area is 162 Å². The van der Waals surface area contributed by atoms with Crippen molar-refractivity contribution in [3.63, 3.8) is 0 Å². The summed E-state index contributed by atoms with van der Waals surface area (Å²) in [6.07, 6.45) is -4.69. The molecule has 0 fully saturated rings. The van der Waals surface area contributed by atoms with Gasteiger partial charge in [0.05, 0.1) is 35.9 Å². The summed E-state index contributed by atoms with van der Waals surface area (Å²) in [7, 11) is 1.18. The average Bonchev–Trinajstić information content (AvgIpc) is 3.08. The maximum atomic E-state index is 13.2. The number of hydrogen-bond donors (Lipinski definition) is 2. The number of imidazole rings is 1. The lowest BCUT2D eigenvalue weighted by atomic mass is 10.1. The molecule has 1 amide bonds. The molecule has 3 rings (SSSR count). The second-order valence-corrected chi connectivity index (χ2v) is 5.88. The third-order valence-electron chi connectivity index (χ3n) is 3.99. The maximum Gasteiger partial charge on any atom is 0.417 e. The molecule has 152 valence electrons. The van der Waals surface area contributed by atoms with Crippen LogP contribution in [-0.2, 0) is 10.9 Å². The zero-order chi connectivity index (χ0) is 21.2. The van der Waals surface area contributed by atoms with Crippen molar-refractivity contribution in [3.05, 3.63) is 53.1 Å². The number of methoxy groups -OCH3 is 1. The molecular formula is C19H16F3N3O4. The van der Waals surface area contributed by atoms with Gasteiger partial charge in [-0.1, -0.05) is 12.1 Å². The van der Waals surface area contributed by atoms with Gasteiger partial charge < -0.3 is 19.8 Å². The second-order valence-electron chi connectivity index (χ2n) is 5.88. The maximum absolute atomic E-state index is 13.2. The quantitative estimate of drug-likeness (QED) is 0.623. The number of halogens is 3. The first-order valence-corrected chi connectivity index (χ1v) is 8.47. The van der Waals surface area contributed by atoms with Gasteiger partial charge in [0, 0.05) is 5.69 Å². The summed E-state index contributed by atoms with van der Waals surface area (Å²) in [4.78, 5) is 31.6. The van der Waals surface area contributed by atoms with Crippen molar-refractivity contribution in [2.24, 2.45) is 0 Å². The number of benzene rings is 2. The fourth-order valence-corrected chi connectivity index (χ4v) is 2.76. The van der Waals surface area contributed by atoms with E-state index in [-0.39, 0.29) is 22.8 Å². The first-order valence-electron chi connectivity index (χ1n) is 8.47. The molecule has 0 atom stereocenters. The van der Waals surface area contributed by atoms with Gasteiger partial charge in [0.1, 0.15) is 5.52 Å². The minimum Gasteiger partial charge on any atom is -0.465 e. The smallest absolute Gasteiger partial charge is 0.417 e. The fraction of sp³-hybridized carbons (Fsp3) is 0.211. The van der Waals surface area contributed by atoms with Gasteiger partial charge in [-0.3, -0.25) is 4.79 Å². The van der Waals surface area contributed by atoms with Crippen LogP contribution in [0.2, 0.25) is 0 Å². The first-order chi connectivity index (χ1) is 13.7. The number of ether oxygens (including phenoxy) is 2. The van der Waals surface area contributed by atoms with E-state index in [1.807, 2.05) is 0 Å². The van der Waals surface area contributed by atoms with Crippen molar-refractivity contribution in [3.8, 4) is 6.01 Å². The van der Waals surface area contributed by atoms with Crippen LogP contribution in [0.1, 0.15) is 33.2 Å². The van der Waals surface area contributed by atoms with E-state index in [4.69, 9.17) is 9.47 Å². The van der Waals surface area contributed by atoms with E-state index in [2.05, 4.69) is 15.3 Å². The number of fused-ring (bicyclic) bond motifs is 1. The summed E-state index contributed by atoms with van der Waals surface area (Å²) in [5.41, 5.74) is -0.908. The van der Waals surface area contributed by atoms with Gasteiger partial charge in [-0.25, -0.2) is 4.79 Å². The Morgan fingerprint density at radius 1 is 1.17 bits per heavy atom. The number of H-pyrrole nitrogens is 1. The number of hydrogen-bond acceptors (Lipinski definition) is 5. The van der Waals surface area contributed by atoms with Gasteiger partial charge in [0.2, 0.25) is 0 Å². The van der Waals surface area contributed by atoms with Crippen molar-refractivity contribution >= 4 is 28.6 Å². The van der Waals surface area contributed by atoms with E-state index in [1.54, 1.807) is 6.92 Å². The zero-order valence-electron chi connectivity index (χ0n) is 15.4. The monoisotopic (exact) mass is 407 g/mol. The van der Waals surface area contributed by atoms with Crippen molar-refractivity contribution in [1.29, 1.82) is 0 Å². The summed E-state index contributed by atoms with van der Waals surface area (Å²) < 4.78 is 49.5. The van der Waals surface area contributed by atoms with Gasteiger partial charge >= 0.3 is 12.1 Å². The zero-order valence-corrected chi connectivity index (χ0v) is 15.4. The Kier molecular flexibility index (Phi) is 5.44. The Balaban J connectivity index is 2.02. The number of aromatic nitrogens is 2. The normalized spacial score (nSPS) is 11.3. The number of anilines is 1. The van der Waals surface area contributed by atoms with Gasteiger partial charge in [0.15, 0.2) is 0 Å². The Morgan fingerprint density at radius 2 is 1.90 bits per heavy atom. The number of nitrogens with one attached hydrogen (secondary N) is 2. The fourth-order valence-electron chi connectivity index (χ4n) is 2.76. The molecule has 0 saturated heterocycles. The Hall–Kier alpha value is -3.56. The number of aromatic amines is 1. The summed E-state index contributed by atoms with van der Waals surface area (Å²) in [5.74, 6) is -1.70. The van der Waals surface area contributed by atoms with Crippen LogP contribution in [0.3, 0.4) is 0 Å². The summed E-state index contributed by atoms with van der Waals surface area (Å²) in [6.45, 7) is 2.07. The van der Waals surface area contributed by atoms with E-state index in [1.165, 1.54) is 31.4 Å². The van der Waals surface area contributed by atoms with Gasteiger partial charge in [-0.2, -0.15) is 18.2 Å². The standard InChI is InChI=1S/C19H16F3N3O4/c1-3-29-18-24-14-9-10(8-12(15(14)25-18)17(27)28-2)23-16(26)11-6-4-5-7-13(11)19(20,21)22/h4-9H,3H2,1-2H3,(H,23,26)(H,24,25). The number of carbonyl (C=O) groups excluding carboxylic acids is 2. The average molecular weight is 407 g/mol. The molecule has 0 spiro atoms. The highest BCUT2D eigenvalue weighted by atomic mass is 19.4. The summed E-state index contributed by atoms with van der Waals surface area (Å²) in [6, 6.07) is 7.28. The molecule has 2 N–H and O–H groups in total. The molecule has 29 heavy (non-hydrogen) atoms. The van der Waals surface area contributed by atoms with E-state index in [9.17, 15) is 22.8 Å². The molecule has 7 nitrogen and oxygen atoms in total. The topological polar surface area (TPSA) is 93.3 Å². The third-order valence-corrected chi connectivity index (χ3v) is 3.99. The summed E-state index contributed by atoms with van der Waals surface area (Å²) >= 11 is 0. The largest absolute Gasteiger partial charge is 0.465 e. The number of nitrogens with zero attached hydrogens (tertiary/aromatic N) is 1. The minimum absolute atomic E-state index is 0.0200. The van der Waals surface area contributed by atoms with Gasteiger partial charge in [-0.15, -0.1) is 0 Å². The number of amides is 1. The number of rotatable bonds is 5. The molecule has 10 heteroatoms. The second kappa shape index (κ2) is 7.82. The van der Waals surface area contributed by atoms with E-state index in [0.717, 1.165) is 12.1 Å². The molecule has 0 saturated carbocycles. The number of esters is 1. The molecule has 0 radical (unpaired) electrons. The third kappa shape index (κ3) is 4.15. The van der Waals surface area contributed by atoms with Crippen LogP contribution in [0.15, 0.2) is 36.4 Å². The molecule has 0 aliphatic heterocycles. The van der Waals surface area contributed by atoms with Crippen LogP contribution in [0.25, 0.3) is 11.0 Å². The van der Waals surface area contributed by atoms with Gasteiger partial charge in [-0.05, 0) is 31.2 Å². The minimum atomic E-state index is -4.69. The van der Waals surface area contributed by atoms with Crippen LogP contribution < -0.4 is 10.1 Å². The molecule has 0 aliphatic carbocycles. The van der Waals surface area contributed by atoms with Crippen LogP contribution in [0.4, 0.5) is 18.9 Å². The highest BCUT2D eigenvalue weighted by molar-refractivity contribution is 6.09. The van der Waals surface area contributed by atoms with Gasteiger partial charge in [0.25, 0.3) is 11.9 Å². The van der Waals surface area contributed by atoms with Crippen LogP contribution >= 0.6 is 0 Å². The predicted octanol–water partition coefficient (Wildman–Crippen LogP) is 4.02. The first kappa shape index (κ1) is 20.2. The SMILES string of the molecule is CCOc1nc2c(C(=O)OC)cc(NC(=O)c3ccccc3C(F)(F)F)cc2[nH]1. The molecule has 1 heterocycles. The molecule has 3 aromatic rings. The lowest BCUT2D eigenvalue weighted by molar-refractivity contribution is -0.137. The molecule has 1 aromatic heterocycles. The highest BCUT2D eigenvalue weighted by Crippen LogP contribution is 2.32. The number of carbonyl (C=O) groups is 2. The lowest BCUT2D eigenvalue weighted by Crippen LogP contribution is -2.19. The van der Waals surface area contributed by atoms with Crippen LogP contribution in [0, 0.1) is 0 Å². The van der Waals surface area contributed by atoms with E-state index >= 15 is 0 Å². The van der Waals surface area contributed by atoms with Crippen molar-refractivity contribution in [2.75, 3.05) is 19.0 Å². The molecular weight excluding hydrogens is 391 g/mol. The summed E-state index contributed by atoms with van der Waals surface area (Å²) in [5, 5.41) is 2.39. The van der Waals surface area contributed by atoms with E-state index < -0.39 is 29.2 Å². The number of alkyl halides is 3. The molecule has 0 unspecified atom stereocenters. The van der Waals surface area contributed by atoms with Crippen LogP contribution in [-0.4, -0.2) is 35.6 Å². The Bertz CT molecular complexity index is 1080. The molecule has 0 aliphatic rings. The Morgan fingerprint density at radius 3 is 2.55 bits per heavy atom. The highest BCUT2D eigenvalue weighted by Gasteiger charge is 2.35.